The molecule has 9 heteroatoms. The van der Waals surface area contributed by atoms with E-state index in [1.807, 2.05) is 36.4 Å². The second-order valence-corrected chi connectivity index (χ2v) is 12.5. The van der Waals surface area contributed by atoms with Crippen LogP contribution >= 0.6 is 11.6 Å². The van der Waals surface area contributed by atoms with Crippen molar-refractivity contribution in [3.8, 4) is 0 Å². The van der Waals surface area contributed by atoms with Gasteiger partial charge in [-0.1, -0.05) is 73.1 Å². The van der Waals surface area contributed by atoms with Gasteiger partial charge in [0.1, 0.15) is 17.7 Å². The smallest absolute Gasteiger partial charge is 0.239 e. The maximum atomic E-state index is 12.4. The Morgan fingerprint density at radius 2 is 1.58 bits per heavy atom. The number of nitrogens with two attached hydrogens (primary N) is 1. The first kappa shape index (κ1) is 34.3. The number of carbonyl (C=O) groups is 1. The van der Waals surface area contributed by atoms with Gasteiger partial charge in [-0.25, -0.2) is 9.97 Å². The van der Waals surface area contributed by atoms with Gasteiger partial charge in [0.15, 0.2) is 0 Å². The Morgan fingerprint density at radius 3 is 2.22 bits per heavy atom. The number of amides is 1. The first-order valence-electron chi connectivity index (χ1n) is 15.5. The maximum Gasteiger partial charge on any atom is 0.239 e. The molecule has 0 saturated carbocycles. The summed E-state index contributed by atoms with van der Waals surface area (Å²) in [5.74, 6) is 1.05. The van der Waals surface area contributed by atoms with Crippen molar-refractivity contribution in [3.05, 3.63) is 100 Å². The van der Waals surface area contributed by atoms with Crippen LogP contribution in [0.15, 0.2) is 72.8 Å². The normalized spacial score (nSPS) is 15.5. The molecular weight excluding hydrogens is 582 g/mol. The van der Waals surface area contributed by atoms with Gasteiger partial charge in [-0.15, -0.1) is 0 Å². The third-order valence-electron chi connectivity index (χ3n) is 8.37. The summed E-state index contributed by atoms with van der Waals surface area (Å²) in [5, 5.41) is 5.02. The molecule has 2 heterocycles. The zero-order valence-electron chi connectivity index (χ0n) is 26.0. The average molecular weight is 630 g/mol. The van der Waals surface area contributed by atoms with E-state index in [-0.39, 0.29) is 19.4 Å². The molecule has 0 radical (unpaired) electrons. The minimum absolute atomic E-state index is 0. The van der Waals surface area contributed by atoms with Gasteiger partial charge in [-0.05, 0) is 82.2 Å². The number of para-hydroxylation sites is 1. The number of unbranched alkanes of at least 4 members (excludes halogenated alkanes) is 1. The van der Waals surface area contributed by atoms with Crippen molar-refractivity contribution in [1.29, 1.82) is 0 Å². The van der Waals surface area contributed by atoms with Crippen molar-refractivity contribution in [3.63, 3.8) is 0 Å². The Hall–Kier alpha value is -3.56. The van der Waals surface area contributed by atoms with Crippen LogP contribution in [-0.2, 0) is 11.3 Å². The monoisotopic (exact) mass is 629 g/mol. The topological polar surface area (TPSA) is 90.6 Å². The molecule has 1 unspecified atom stereocenters. The van der Waals surface area contributed by atoms with Crippen molar-refractivity contribution in [1.82, 2.24) is 24.7 Å². The quantitative estimate of drug-likeness (QED) is 0.172. The van der Waals surface area contributed by atoms with Crippen LogP contribution in [0.25, 0.3) is 10.9 Å². The second kappa shape index (κ2) is 16.1. The van der Waals surface area contributed by atoms with Gasteiger partial charge in [0.25, 0.3) is 0 Å². The maximum absolute atomic E-state index is 12.4. The molecule has 3 aromatic carbocycles. The lowest BCUT2D eigenvalue weighted by Gasteiger charge is -2.39. The van der Waals surface area contributed by atoms with E-state index in [2.05, 4.69) is 77.4 Å². The summed E-state index contributed by atoms with van der Waals surface area (Å²) in [7, 11) is 4.11. The van der Waals surface area contributed by atoms with Crippen LogP contribution in [0.5, 0.6) is 0 Å². The van der Waals surface area contributed by atoms with Gasteiger partial charge in [-0.2, -0.15) is 0 Å². The Bertz CT molecular complexity index is 1470. The number of carbonyl (C=O) groups excluding carboxylic acids is 1. The predicted octanol–water partition coefficient (Wildman–Crippen LogP) is 6.13. The molecule has 45 heavy (non-hydrogen) atoms. The minimum Gasteiger partial charge on any atom is -0.368 e. The number of aromatic nitrogens is 2. The van der Waals surface area contributed by atoms with Gasteiger partial charge in [0.05, 0.1) is 18.1 Å². The first-order chi connectivity index (χ1) is 21.3. The zero-order chi connectivity index (χ0) is 31.1. The fourth-order valence-corrected chi connectivity index (χ4v) is 6.05. The van der Waals surface area contributed by atoms with E-state index >= 15 is 0 Å². The van der Waals surface area contributed by atoms with Crippen molar-refractivity contribution in [2.45, 2.75) is 52.2 Å². The van der Waals surface area contributed by atoms with Crippen LogP contribution < -0.4 is 11.1 Å². The molecule has 1 aromatic heterocycles. The molecule has 240 valence electrons. The fraction of sp³-hybridized carbons (Fsp3) is 0.417. The number of fused-ring (bicyclic) bond motifs is 1. The van der Waals surface area contributed by atoms with E-state index in [1.54, 1.807) is 0 Å². The molecule has 0 bridgehead atoms. The Labute approximate surface area is 273 Å². The van der Waals surface area contributed by atoms with E-state index in [0.29, 0.717) is 18.8 Å². The molecule has 1 fully saturated rings. The molecule has 5 rings (SSSR count). The van der Waals surface area contributed by atoms with E-state index in [1.165, 1.54) is 16.7 Å². The van der Waals surface area contributed by atoms with Crippen molar-refractivity contribution < 1.29 is 4.79 Å². The largest absolute Gasteiger partial charge is 0.368 e. The van der Waals surface area contributed by atoms with Crippen LogP contribution in [-0.4, -0.2) is 83.4 Å². The fourth-order valence-electron chi connectivity index (χ4n) is 5.92. The summed E-state index contributed by atoms with van der Waals surface area (Å²) in [5.41, 5.74) is 10.5. The van der Waals surface area contributed by atoms with Gasteiger partial charge >= 0.3 is 0 Å². The summed E-state index contributed by atoms with van der Waals surface area (Å²) < 4.78 is 0. The van der Waals surface area contributed by atoms with Crippen LogP contribution in [0, 0.1) is 6.92 Å². The standard InChI is InChI=1S/C35H44ClN7O.CH4/c1-25-11-13-26(14-12-25)33(27-15-17-28(36)18-16-27)43-22-20-42(21-23-43)24-32-38-30-9-5-4-8-29(30)35(40-32)39-31(34(37)44)10-6-7-19-41(2)3;/h4-5,8-9,11-18,31,33H,6-7,10,19-24H2,1-3H3,(H2,37,44)(H,38,39,40);1H4/t31-,33?;/m0./s1. The lowest BCUT2D eigenvalue weighted by atomic mass is 9.95. The van der Waals surface area contributed by atoms with E-state index in [4.69, 9.17) is 27.3 Å². The number of nitrogens with zero attached hydrogens (tertiary/aromatic N) is 5. The highest BCUT2D eigenvalue weighted by Gasteiger charge is 2.27. The molecule has 1 amide bonds. The Balaban J connectivity index is 0.00000461. The number of rotatable bonds is 13. The highest BCUT2D eigenvalue weighted by atomic mass is 35.5. The molecule has 1 saturated heterocycles. The second-order valence-electron chi connectivity index (χ2n) is 12.1. The summed E-state index contributed by atoms with van der Waals surface area (Å²) >= 11 is 6.23. The summed E-state index contributed by atoms with van der Waals surface area (Å²) in [6.45, 7) is 7.34. The molecular formula is C36H48ClN7O. The summed E-state index contributed by atoms with van der Waals surface area (Å²) in [6.07, 6.45) is 2.57. The molecule has 8 nitrogen and oxygen atoms in total. The average Bonchev–Trinajstić information content (AvgIpc) is 3.01. The lowest BCUT2D eigenvalue weighted by molar-refractivity contribution is -0.118. The number of halogens is 1. The Kier molecular flexibility index (Phi) is 12.3. The molecule has 0 spiro atoms. The number of anilines is 1. The molecule has 3 N–H and O–H groups in total. The van der Waals surface area contributed by atoms with Crippen LogP contribution in [0.4, 0.5) is 5.82 Å². The lowest BCUT2D eigenvalue weighted by Crippen LogP contribution is -2.47. The SMILES string of the molecule is C.Cc1ccc(C(c2ccc(Cl)cc2)N2CCN(Cc3nc(N[C@@H](CCCCN(C)C)C(N)=O)c4ccccc4n3)CC2)cc1. The molecule has 0 aliphatic carbocycles. The first-order valence-corrected chi connectivity index (χ1v) is 15.9. The number of benzene rings is 3. The van der Waals surface area contributed by atoms with Crippen LogP contribution in [0.2, 0.25) is 5.02 Å². The van der Waals surface area contributed by atoms with Crippen molar-refractivity contribution in [2.75, 3.05) is 52.1 Å². The highest BCUT2D eigenvalue weighted by molar-refractivity contribution is 6.30. The number of nitrogens with one attached hydrogen (secondary N) is 1. The van der Waals surface area contributed by atoms with Gasteiger partial charge in [-0.3, -0.25) is 14.6 Å². The number of aryl methyl sites for hydroxylation is 1. The van der Waals surface area contributed by atoms with Gasteiger partial charge in [0, 0.05) is 36.6 Å². The summed E-state index contributed by atoms with van der Waals surface area (Å²) in [6, 6.07) is 24.7. The number of hydrogen-bond acceptors (Lipinski definition) is 7. The third kappa shape index (κ3) is 9.23. The molecule has 1 aliphatic rings. The Morgan fingerprint density at radius 1 is 0.933 bits per heavy atom. The van der Waals surface area contributed by atoms with E-state index < -0.39 is 6.04 Å². The summed E-state index contributed by atoms with van der Waals surface area (Å²) in [4.78, 5) is 29.3. The van der Waals surface area contributed by atoms with Crippen molar-refractivity contribution >= 4 is 34.2 Å². The molecule has 1 aliphatic heterocycles. The van der Waals surface area contributed by atoms with Gasteiger partial charge in [0.2, 0.25) is 5.91 Å². The zero-order valence-corrected chi connectivity index (χ0v) is 26.8. The highest BCUT2D eigenvalue weighted by Crippen LogP contribution is 2.31. The number of hydrogen-bond donors (Lipinski definition) is 2. The number of piperazine rings is 1. The minimum atomic E-state index is -0.488. The van der Waals surface area contributed by atoms with E-state index in [9.17, 15) is 4.79 Å². The molecule has 4 aromatic rings. The number of primary amides is 1. The third-order valence-corrected chi connectivity index (χ3v) is 8.62. The van der Waals surface area contributed by atoms with Crippen molar-refractivity contribution in [2.24, 2.45) is 5.73 Å². The van der Waals surface area contributed by atoms with Crippen LogP contribution in [0.1, 0.15) is 55.2 Å². The predicted molar refractivity (Wildman–Crippen MR) is 187 cm³/mol. The van der Waals surface area contributed by atoms with Crippen LogP contribution in [0.3, 0.4) is 0 Å². The molecule has 2 atom stereocenters. The van der Waals surface area contributed by atoms with E-state index in [0.717, 1.165) is 67.3 Å². The van der Waals surface area contributed by atoms with Gasteiger partial charge < -0.3 is 16.0 Å².